The molecule has 2 heterocycles. The monoisotopic (exact) mass is 388 g/mol. The lowest BCUT2D eigenvalue weighted by Gasteiger charge is -2.38. The van der Waals surface area contributed by atoms with Gasteiger partial charge in [0.05, 0.1) is 16.0 Å². The fourth-order valence-electron chi connectivity index (χ4n) is 4.56. The van der Waals surface area contributed by atoms with Crippen LogP contribution in [0.5, 0.6) is 0 Å². The molecule has 2 aromatic carbocycles. The number of anilines is 1. The minimum Gasteiger partial charge on any atom is -0.343 e. The Morgan fingerprint density at radius 2 is 1.86 bits per heavy atom. The van der Waals surface area contributed by atoms with Crippen LogP contribution in [0.2, 0.25) is 0 Å². The van der Waals surface area contributed by atoms with E-state index >= 15 is 0 Å². The van der Waals surface area contributed by atoms with Gasteiger partial charge in [0.2, 0.25) is 0 Å². The van der Waals surface area contributed by atoms with Gasteiger partial charge in [-0.1, -0.05) is 38.1 Å². The van der Waals surface area contributed by atoms with Crippen molar-refractivity contribution in [1.82, 2.24) is 9.78 Å². The third kappa shape index (κ3) is 2.65. The number of benzene rings is 2. The molecular formula is C22H20N4O3. The molecule has 0 saturated heterocycles. The second-order valence-corrected chi connectivity index (χ2v) is 8.49. The molecule has 1 aliphatic heterocycles. The Bertz CT molecular complexity index is 1220. The number of hydrogen-bond donors (Lipinski definition) is 1. The number of Topliss-reactive ketones (excluding diaryl/α,β-unsaturated/α-hetero) is 1. The molecule has 1 unspecified atom stereocenters. The average molecular weight is 388 g/mol. The fraction of sp³-hybridized carbons (Fsp3) is 0.273. The van der Waals surface area contributed by atoms with Crippen LogP contribution < -0.4 is 5.32 Å². The Morgan fingerprint density at radius 1 is 1.14 bits per heavy atom. The van der Waals surface area contributed by atoms with E-state index in [1.807, 2.05) is 24.3 Å². The minimum atomic E-state index is -0.626. The van der Waals surface area contributed by atoms with Crippen molar-refractivity contribution in [3.8, 4) is 0 Å². The summed E-state index contributed by atoms with van der Waals surface area (Å²) in [6.45, 7) is 4.14. The summed E-state index contributed by atoms with van der Waals surface area (Å²) >= 11 is 0. The molecular weight excluding hydrogens is 368 g/mol. The summed E-state index contributed by atoms with van der Waals surface area (Å²) in [7, 11) is 0. The van der Waals surface area contributed by atoms with Crippen LogP contribution in [0.1, 0.15) is 38.3 Å². The van der Waals surface area contributed by atoms with Crippen molar-refractivity contribution in [3.63, 3.8) is 0 Å². The number of nitro groups is 1. The zero-order valence-electron chi connectivity index (χ0n) is 16.2. The van der Waals surface area contributed by atoms with E-state index in [0.717, 1.165) is 22.4 Å². The van der Waals surface area contributed by atoms with E-state index in [1.165, 1.54) is 6.07 Å². The zero-order chi connectivity index (χ0) is 20.3. The van der Waals surface area contributed by atoms with Crippen molar-refractivity contribution in [3.05, 3.63) is 75.5 Å². The molecule has 7 heteroatoms. The number of nitrogens with one attached hydrogen (secondary N) is 1. The number of nitro benzene ring substituents is 1. The number of ketones is 1. The molecule has 7 nitrogen and oxygen atoms in total. The molecule has 1 N–H and O–H groups in total. The van der Waals surface area contributed by atoms with Gasteiger partial charge in [-0.25, -0.2) is 4.68 Å². The van der Waals surface area contributed by atoms with Crippen LogP contribution in [0.4, 0.5) is 11.5 Å². The van der Waals surface area contributed by atoms with Gasteiger partial charge in [-0.15, -0.1) is 0 Å². The number of aromatic nitrogens is 2. The molecule has 0 spiro atoms. The first-order valence-electron chi connectivity index (χ1n) is 9.59. The van der Waals surface area contributed by atoms with Crippen molar-refractivity contribution in [1.29, 1.82) is 0 Å². The van der Waals surface area contributed by atoms with Crippen molar-refractivity contribution in [2.24, 2.45) is 5.41 Å². The van der Waals surface area contributed by atoms with Gasteiger partial charge in [0.1, 0.15) is 11.9 Å². The van der Waals surface area contributed by atoms with Crippen LogP contribution in [-0.4, -0.2) is 20.5 Å². The first-order valence-corrected chi connectivity index (χ1v) is 9.59. The molecule has 1 atom stereocenters. The lowest BCUT2D eigenvalue weighted by molar-refractivity contribution is -0.385. The standard InChI is InChI=1S/C22H20N4O3/c1-22(2)11-16-19(18(27)12-22)20(14-8-4-6-10-17(14)26(28)29)25-21(23-16)13-7-3-5-9-15(13)24-25/h3-10,20,23H,11-12H2,1-2H3. The maximum atomic E-state index is 13.2. The number of allylic oxidation sites excluding steroid dienone is 2. The van der Waals surface area contributed by atoms with Crippen molar-refractivity contribution in [2.45, 2.75) is 32.7 Å². The van der Waals surface area contributed by atoms with E-state index in [1.54, 1.807) is 22.9 Å². The quantitative estimate of drug-likeness (QED) is 0.512. The molecule has 1 aliphatic carbocycles. The number of carbonyl (C=O) groups is 1. The molecule has 0 bridgehead atoms. The number of nitrogens with zero attached hydrogens (tertiary/aromatic N) is 3. The Kier molecular flexibility index (Phi) is 3.65. The van der Waals surface area contributed by atoms with Gasteiger partial charge in [0, 0.05) is 29.1 Å². The molecule has 1 aromatic heterocycles. The van der Waals surface area contributed by atoms with Gasteiger partial charge in [-0.2, -0.15) is 5.10 Å². The first kappa shape index (κ1) is 17.6. The molecule has 0 amide bonds. The molecule has 2 aliphatic rings. The predicted molar refractivity (Wildman–Crippen MR) is 110 cm³/mol. The predicted octanol–water partition coefficient (Wildman–Crippen LogP) is 4.60. The summed E-state index contributed by atoms with van der Waals surface area (Å²) in [5.74, 6) is 0.783. The van der Waals surface area contributed by atoms with E-state index in [9.17, 15) is 14.9 Å². The molecule has 0 saturated carbocycles. The number of carbonyl (C=O) groups excluding carboxylic acids is 1. The maximum absolute atomic E-state index is 13.2. The van der Waals surface area contributed by atoms with Gasteiger partial charge in [0.15, 0.2) is 5.78 Å². The van der Waals surface area contributed by atoms with E-state index in [2.05, 4.69) is 19.2 Å². The van der Waals surface area contributed by atoms with Gasteiger partial charge in [-0.05, 0) is 30.0 Å². The van der Waals surface area contributed by atoms with Gasteiger partial charge in [-0.3, -0.25) is 14.9 Å². The number of fused-ring (bicyclic) bond motifs is 3. The van der Waals surface area contributed by atoms with Crippen molar-refractivity contribution >= 4 is 28.2 Å². The van der Waals surface area contributed by atoms with E-state index in [0.29, 0.717) is 24.0 Å². The van der Waals surface area contributed by atoms with Gasteiger partial charge in [0.25, 0.3) is 5.69 Å². The zero-order valence-corrected chi connectivity index (χ0v) is 16.2. The summed E-state index contributed by atoms with van der Waals surface area (Å²) in [4.78, 5) is 24.6. The van der Waals surface area contributed by atoms with E-state index in [4.69, 9.17) is 5.10 Å². The summed E-state index contributed by atoms with van der Waals surface area (Å²) in [5.41, 5.74) is 2.51. The van der Waals surface area contributed by atoms with E-state index in [-0.39, 0.29) is 16.9 Å². The van der Waals surface area contributed by atoms with Crippen LogP contribution in [0.15, 0.2) is 59.8 Å². The maximum Gasteiger partial charge on any atom is 0.275 e. The smallest absolute Gasteiger partial charge is 0.275 e. The summed E-state index contributed by atoms with van der Waals surface area (Å²) in [6, 6.07) is 13.7. The second kappa shape index (κ2) is 6.01. The van der Waals surface area contributed by atoms with Gasteiger partial charge < -0.3 is 5.32 Å². The SMILES string of the molecule is CC1(C)CC(=O)C2=C(C1)Nc1c3ccccc3nn1C2c1ccccc1[N+](=O)[O-]. The highest BCUT2D eigenvalue weighted by atomic mass is 16.6. The van der Waals surface area contributed by atoms with Crippen LogP contribution in [0.3, 0.4) is 0 Å². The third-order valence-electron chi connectivity index (χ3n) is 5.74. The number of para-hydroxylation sites is 1. The van der Waals surface area contributed by atoms with Crippen LogP contribution in [-0.2, 0) is 4.79 Å². The molecule has 29 heavy (non-hydrogen) atoms. The fourth-order valence-corrected chi connectivity index (χ4v) is 4.56. The average Bonchev–Trinajstić information content (AvgIpc) is 3.03. The summed E-state index contributed by atoms with van der Waals surface area (Å²) in [6.07, 6.45) is 1.10. The topological polar surface area (TPSA) is 90.1 Å². The van der Waals surface area contributed by atoms with Gasteiger partial charge >= 0.3 is 0 Å². The normalized spacial score (nSPS) is 20.2. The Hall–Kier alpha value is -3.48. The van der Waals surface area contributed by atoms with Crippen LogP contribution in [0.25, 0.3) is 10.9 Å². The molecule has 5 rings (SSSR count). The second-order valence-electron chi connectivity index (χ2n) is 8.49. The Morgan fingerprint density at radius 3 is 2.66 bits per heavy atom. The minimum absolute atomic E-state index is 0.00519. The Balaban J connectivity index is 1.82. The third-order valence-corrected chi connectivity index (χ3v) is 5.74. The van der Waals surface area contributed by atoms with Crippen molar-refractivity contribution in [2.75, 3.05) is 5.32 Å². The highest BCUT2D eigenvalue weighted by Gasteiger charge is 2.43. The molecule has 0 fully saturated rings. The van der Waals surface area contributed by atoms with Crippen LogP contribution in [0, 0.1) is 15.5 Å². The largest absolute Gasteiger partial charge is 0.343 e. The van der Waals surface area contributed by atoms with Crippen LogP contribution >= 0.6 is 0 Å². The highest BCUT2D eigenvalue weighted by Crippen LogP contribution is 2.48. The lowest BCUT2D eigenvalue weighted by atomic mass is 9.73. The summed E-state index contributed by atoms with van der Waals surface area (Å²) in [5, 5.41) is 20.8. The number of rotatable bonds is 2. The summed E-state index contributed by atoms with van der Waals surface area (Å²) < 4.78 is 1.74. The van der Waals surface area contributed by atoms with E-state index < -0.39 is 11.0 Å². The first-order chi connectivity index (χ1) is 13.9. The molecule has 3 aromatic rings. The van der Waals surface area contributed by atoms with Crippen molar-refractivity contribution < 1.29 is 9.72 Å². The molecule has 0 radical (unpaired) electrons. The lowest BCUT2D eigenvalue weighted by Crippen LogP contribution is -2.36. The number of hydrogen-bond acceptors (Lipinski definition) is 5. The highest BCUT2D eigenvalue weighted by molar-refractivity contribution is 6.02. The molecule has 146 valence electrons. The Labute approximate surface area is 167 Å².